The van der Waals surface area contributed by atoms with Crippen molar-refractivity contribution in [3.63, 3.8) is 0 Å². The molecule has 1 fully saturated rings. The lowest BCUT2D eigenvalue weighted by Gasteiger charge is -2.28. The van der Waals surface area contributed by atoms with E-state index in [1.807, 2.05) is 0 Å². The topological polar surface area (TPSA) is 36.5 Å². The van der Waals surface area contributed by atoms with Gasteiger partial charge in [-0.2, -0.15) is 0 Å². The van der Waals surface area contributed by atoms with Crippen LogP contribution in [-0.2, 0) is 4.74 Å². The number of morpholine rings is 1. The molecule has 1 heterocycles. The van der Waals surface area contributed by atoms with Crippen LogP contribution in [0.4, 0.5) is 0 Å². The summed E-state index contributed by atoms with van der Waals surface area (Å²) in [7, 11) is 4.24. The van der Waals surface area contributed by atoms with Crippen LogP contribution in [0, 0.1) is 0 Å². The molecule has 16 heavy (non-hydrogen) atoms. The Labute approximate surface area is 99.7 Å². The molecule has 0 radical (unpaired) electrons. The van der Waals surface area contributed by atoms with Gasteiger partial charge in [0.1, 0.15) is 0 Å². The molecule has 1 saturated heterocycles. The van der Waals surface area contributed by atoms with Gasteiger partial charge in [-0.3, -0.25) is 0 Å². The van der Waals surface area contributed by atoms with Crippen LogP contribution in [0.5, 0.6) is 0 Å². The van der Waals surface area contributed by atoms with Gasteiger partial charge in [0.2, 0.25) is 0 Å². The molecule has 0 aliphatic carbocycles. The Bertz CT molecular complexity index is 181. The second kappa shape index (κ2) is 7.22. The predicted molar refractivity (Wildman–Crippen MR) is 67.8 cm³/mol. The Morgan fingerprint density at radius 2 is 2.19 bits per heavy atom. The molecule has 0 aromatic rings. The summed E-state index contributed by atoms with van der Waals surface area (Å²) in [6.07, 6.45) is 1.14. The number of hydrogen-bond donors (Lipinski definition) is 2. The molecule has 0 aromatic heterocycles. The van der Waals surface area contributed by atoms with E-state index >= 15 is 0 Å². The van der Waals surface area contributed by atoms with Gasteiger partial charge in [0.25, 0.3) is 0 Å². The Morgan fingerprint density at radius 3 is 2.75 bits per heavy atom. The van der Waals surface area contributed by atoms with E-state index < -0.39 is 0 Å². The molecule has 3 unspecified atom stereocenters. The minimum absolute atomic E-state index is 0.519. The number of nitrogens with zero attached hydrogens (tertiary/aromatic N) is 1. The average molecular weight is 229 g/mol. The average Bonchev–Trinajstić information content (AvgIpc) is 2.27. The summed E-state index contributed by atoms with van der Waals surface area (Å²) in [6, 6.07) is 1.64. The van der Waals surface area contributed by atoms with Crippen LogP contribution in [0.1, 0.15) is 20.3 Å². The molecule has 1 aliphatic heterocycles. The number of nitrogens with one attached hydrogen (secondary N) is 2. The fraction of sp³-hybridized carbons (Fsp3) is 1.00. The molecule has 1 aliphatic rings. The Hall–Kier alpha value is -0.160. The lowest BCUT2D eigenvalue weighted by atomic mass is 10.1. The second-order valence-corrected chi connectivity index (χ2v) is 5.08. The maximum Gasteiger partial charge on any atom is 0.0620 e. The third-order valence-electron chi connectivity index (χ3n) is 3.28. The molecule has 0 aromatic carbocycles. The summed E-state index contributed by atoms with van der Waals surface area (Å²) >= 11 is 0. The van der Waals surface area contributed by atoms with E-state index in [1.165, 1.54) is 0 Å². The van der Waals surface area contributed by atoms with Gasteiger partial charge < -0.3 is 20.3 Å². The van der Waals surface area contributed by atoms with Crippen molar-refractivity contribution in [1.82, 2.24) is 15.5 Å². The van der Waals surface area contributed by atoms with E-state index in [9.17, 15) is 0 Å². The van der Waals surface area contributed by atoms with Crippen LogP contribution >= 0.6 is 0 Å². The van der Waals surface area contributed by atoms with Gasteiger partial charge >= 0.3 is 0 Å². The lowest BCUT2D eigenvalue weighted by molar-refractivity contribution is 0.0710. The summed E-state index contributed by atoms with van der Waals surface area (Å²) in [5.41, 5.74) is 0. The van der Waals surface area contributed by atoms with Crippen LogP contribution in [0.15, 0.2) is 0 Å². The first kappa shape index (κ1) is 13.9. The Balaban J connectivity index is 2.12. The zero-order valence-electron chi connectivity index (χ0n) is 11.1. The minimum Gasteiger partial charge on any atom is -0.379 e. The monoisotopic (exact) mass is 229 g/mol. The van der Waals surface area contributed by atoms with Gasteiger partial charge in [-0.15, -0.1) is 0 Å². The van der Waals surface area contributed by atoms with Crippen molar-refractivity contribution in [3.8, 4) is 0 Å². The smallest absolute Gasteiger partial charge is 0.0620 e. The van der Waals surface area contributed by atoms with Crippen LogP contribution in [0.3, 0.4) is 0 Å². The van der Waals surface area contributed by atoms with Crippen molar-refractivity contribution >= 4 is 0 Å². The molecule has 1 rings (SSSR count). The van der Waals surface area contributed by atoms with Crippen molar-refractivity contribution < 1.29 is 4.74 Å². The van der Waals surface area contributed by atoms with Crippen molar-refractivity contribution in [1.29, 1.82) is 0 Å². The molecule has 3 atom stereocenters. The van der Waals surface area contributed by atoms with Crippen LogP contribution < -0.4 is 10.6 Å². The summed E-state index contributed by atoms with van der Waals surface area (Å²) in [5.74, 6) is 0. The summed E-state index contributed by atoms with van der Waals surface area (Å²) in [5, 5.41) is 7.06. The molecule has 0 amide bonds. The summed E-state index contributed by atoms with van der Waals surface area (Å²) < 4.78 is 5.45. The number of likely N-dealkylation sites (N-methyl/N-ethyl adjacent to an activating group) is 1. The first-order chi connectivity index (χ1) is 7.59. The fourth-order valence-electron chi connectivity index (χ4n) is 1.84. The Morgan fingerprint density at radius 1 is 1.44 bits per heavy atom. The standard InChI is InChI=1S/C12H27N3O/c1-10(14-8-11(2)15(3)4)7-12-9-16-6-5-13-12/h10-14H,5-9H2,1-4H3. The highest BCUT2D eigenvalue weighted by molar-refractivity contribution is 4.76. The van der Waals surface area contributed by atoms with Crippen molar-refractivity contribution in [3.05, 3.63) is 0 Å². The zero-order chi connectivity index (χ0) is 12.0. The van der Waals surface area contributed by atoms with E-state index in [2.05, 4.69) is 43.5 Å². The van der Waals surface area contributed by atoms with E-state index in [0.29, 0.717) is 18.1 Å². The minimum atomic E-state index is 0.519. The first-order valence-electron chi connectivity index (χ1n) is 6.30. The molecule has 96 valence electrons. The SMILES string of the molecule is CC(CC1COCCN1)NCC(C)N(C)C. The molecule has 2 N–H and O–H groups in total. The summed E-state index contributed by atoms with van der Waals surface area (Å²) in [4.78, 5) is 2.24. The van der Waals surface area contributed by atoms with Crippen molar-refractivity contribution in [2.45, 2.75) is 38.4 Å². The molecule has 4 nitrogen and oxygen atoms in total. The third kappa shape index (κ3) is 5.25. The van der Waals surface area contributed by atoms with E-state index in [4.69, 9.17) is 4.74 Å². The third-order valence-corrected chi connectivity index (χ3v) is 3.28. The lowest BCUT2D eigenvalue weighted by Crippen LogP contribution is -2.46. The summed E-state index contributed by atoms with van der Waals surface area (Å²) in [6.45, 7) is 8.23. The normalized spacial score (nSPS) is 25.7. The first-order valence-corrected chi connectivity index (χ1v) is 6.30. The van der Waals surface area contributed by atoms with Gasteiger partial charge in [0, 0.05) is 31.2 Å². The predicted octanol–water partition coefficient (Wildman–Crippen LogP) is 0.293. The quantitative estimate of drug-likeness (QED) is 0.686. The van der Waals surface area contributed by atoms with Crippen molar-refractivity contribution in [2.75, 3.05) is 40.4 Å². The molecule has 0 saturated carbocycles. The van der Waals surface area contributed by atoms with Gasteiger partial charge in [0.15, 0.2) is 0 Å². The van der Waals surface area contributed by atoms with Gasteiger partial charge in [-0.1, -0.05) is 0 Å². The fourth-order valence-corrected chi connectivity index (χ4v) is 1.84. The number of hydrogen-bond acceptors (Lipinski definition) is 4. The molecule has 0 bridgehead atoms. The Kier molecular flexibility index (Phi) is 6.28. The second-order valence-electron chi connectivity index (χ2n) is 5.08. The molecule has 4 heteroatoms. The molecule has 0 spiro atoms. The number of rotatable bonds is 6. The van der Waals surface area contributed by atoms with Gasteiger partial charge in [0.05, 0.1) is 13.2 Å². The molecular weight excluding hydrogens is 202 g/mol. The zero-order valence-corrected chi connectivity index (χ0v) is 11.1. The highest BCUT2D eigenvalue weighted by atomic mass is 16.5. The van der Waals surface area contributed by atoms with Crippen molar-refractivity contribution in [2.24, 2.45) is 0 Å². The largest absolute Gasteiger partial charge is 0.379 e. The van der Waals surface area contributed by atoms with Gasteiger partial charge in [-0.05, 0) is 34.4 Å². The molecular formula is C12H27N3O. The van der Waals surface area contributed by atoms with E-state index in [1.54, 1.807) is 0 Å². The van der Waals surface area contributed by atoms with Crippen LogP contribution in [-0.4, -0.2) is 63.4 Å². The van der Waals surface area contributed by atoms with E-state index in [-0.39, 0.29) is 0 Å². The van der Waals surface area contributed by atoms with Crippen LogP contribution in [0.25, 0.3) is 0 Å². The maximum atomic E-state index is 5.45. The maximum absolute atomic E-state index is 5.45. The van der Waals surface area contributed by atoms with E-state index in [0.717, 1.165) is 32.7 Å². The van der Waals surface area contributed by atoms with Crippen LogP contribution in [0.2, 0.25) is 0 Å². The number of ether oxygens (including phenoxy) is 1. The highest BCUT2D eigenvalue weighted by Crippen LogP contribution is 2.02. The van der Waals surface area contributed by atoms with Gasteiger partial charge in [-0.25, -0.2) is 0 Å². The highest BCUT2D eigenvalue weighted by Gasteiger charge is 2.16.